The average molecular weight is 289 g/mol. The monoisotopic (exact) mass is 289 g/mol. The topological polar surface area (TPSA) is 21.3 Å². The largest absolute Gasteiger partial charge is 0.490 e. The van der Waals surface area contributed by atoms with E-state index in [0.29, 0.717) is 12.1 Å². The molecule has 2 rings (SSSR count). The molecule has 0 radical (unpaired) electrons. The van der Waals surface area contributed by atoms with Crippen molar-refractivity contribution >= 4 is 0 Å². The second-order valence-electron chi connectivity index (χ2n) is 6.26. The van der Waals surface area contributed by atoms with Crippen LogP contribution in [0.4, 0.5) is 0 Å². The van der Waals surface area contributed by atoms with Crippen LogP contribution in [0.15, 0.2) is 24.3 Å². The minimum absolute atomic E-state index is 0.382. The lowest BCUT2D eigenvalue weighted by atomic mass is 9.94. The van der Waals surface area contributed by atoms with Gasteiger partial charge in [-0.15, -0.1) is 0 Å². The lowest BCUT2D eigenvalue weighted by Gasteiger charge is -2.32. The Balaban J connectivity index is 1.71. The van der Waals surface area contributed by atoms with Gasteiger partial charge in [-0.05, 0) is 26.0 Å². The smallest absolute Gasteiger partial charge is 0.124 e. The van der Waals surface area contributed by atoms with Crippen molar-refractivity contribution in [2.24, 2.45) is 0 Å². The summed E-state index contributed by atoms with van der Waals surface area (Å²) in [5.41, 5.74) is 1.32. The van der Waals surface area contributed by atoms with Gasteiger partial charge in [0, 0.05) is 18.0 Å². The van der Waals surface area contributed by atoms with E-state index in [1.165, 1.54) is 56.9 Å². The van der Waals surface area contributed by atoms with E-state index in [-0.39, 0.29) is 0 Å². The molecule has 1 N–H and O–H groups in total. The van der Waals surface area contributed by atoms with E-state index in [2.05, 4.69) is 43.6 Å². The molecule has 0 bridgehead atoms. The van der Waals surface area contributed by atoms with Crippen LogP contribution in [0.1, 0.15) is 76.3 Å². The summed E-state index contributed by atoms with van der Waals surface area (Å²) < 4.78 is 6.17. The first-order chi connectivity index (χ1) is 10.3. The summed E-state index contributed by atoms with van der Waals surface area (Å²) in [4.78, 5) is 0. The Bertz CT molecular complexity index is 404. The van der Waals surface area contributed by atoms with E-state index in [4.69, 9.17) is 4.74 Å². The van der Waals surface area contributed by atoms with Crippen molar-refractivity contribution in [2.45, 2.75) is 76.9 Å². The van der Waals surface area contributed by atoms with E-state index >= 15 is 0 Å². The number of unbranched alkanes of at least 4 members (excludes halogenated alkanes) is 6. The number of ether oxygens (including phenoxy) is 1. The van der Waals surface area contributed by atoms with Crippen molar-refractivity contribution in [3.8, 4) is 5.75 Å². The van der Waals surface area contributed by atoms with E-state index in [9.17, 15) is 0 Å². The predicted molar refractivity (Wildman–Crippen MR) is 89.9 cm³/mol. The second-order valence-corrected chi connectivity index (χ2v) is 6.26. The lowest BCUT2D eigenvalue weighted by Crippen LogP contribution is -2.31. The highest BCUT2D eigenvalue weighted by atomic mass is 16.5. The van der Waals surface area contributed by atoms with Crippen LogP contribution in [0.2, 0.25) is 0 Å². The van der Waals surface area contributed by atoms with Crippen molar-refractivity contribution in [3.05, 3.63) is 29.8 Å². The molecule has 1 aromatic rings. The van der Waals surface area contributed by atoms with Gasteiger partial charge in [0.1, 0.15) is 11.9 Å². The third-order valence-electron chi connectivity index (χ3n) is 4.56. The summed E-state index contributed by atoms with van der Waals surface area (Å²) in [5.74, 6) is 1.08. The standard InChI is InChI=1S/C19H31NO/c1-3-4-5-6-7-8-9-12-16-15-18(20-2)17-13-10-11-14-19(17)21-16/h10-11,13-14,16,18,20H,3-9,12,15H2,1-2H3. The fourth-order valence-electron chi connectivity index (χ4n) is 3.27. The molecule has 2 unspecified atom stereocenters. The summed E-state index contributed by atoms with van der Waals surface area (Å²) in [5, 5.41) is 3.43. The van der Waals surface area contributed by atoms with Gasteiger partial charge in [0.2, 0.25) is 0 Å². The molecule has 2 heteroatoms. The molecule has 21 heavy (non-hydrogen) atoms. The maximum Gasteiger partial charge on any atom is 0.124 e. The molecule has 1 aliphatic heterocycles. The SMILES string of the molecule is CCCCCCCCCC1CC(NC)c2ccccc2O1. The Morgan fingerprint density at radius 2 is 1.76 bits per heavy atom. The van der Waals surface area contributed by atoms with Crippen molar-refractivity contribution in [1.82, 2.24) is 5.32 Å². The molecule has 0 fully saturated rings. The quantitative estimate of drug-likeness (QED) is 0.628. The summed E-state index contributed by atoms with van der Waals surface area (Å²) in [6.07, 6.45) is 12.3. The minimum Gasteiger partial charge on any atom is -0.490 e. The van der Waals surface area contributed by atoms with Crippen molar-refractivity contribution < 1.29 is 4.74 Å². The van der Waals surface area contributed by atoms with Gasteiger partial charge in [-0.25, -0.2) is 0 Å². The number of nitrogens with one attached hydrogen (secondary N) is 1. The third kappa shape index (κ3) is 5.03. The Labute approximate surface area is 130 Å². The van der Waals surface area contributed by atoms with E-state index in [0.717, 1.165) is 12.2 Å². The number of hydrogen-bond donors (Lipinski definition) is 1. The van der Waals surface area contributed by atoms with Gasteiger partial charge in [0.15, 0.2) is 0 Å². The van der Waals surface area contributed by atoms with Gasteiger partial charge in [-0.3, -0.25) is 0 Å². The second kappa shape index (κ2) is 9.09. The molecule has 0 saturated heterocycles. The van der Waals surface area contributed by atoms with Gasteiger partial charge < -0.3 is 10.1 Å². The van der Waals surface area contributed by atoms with E-state index in [1.807, 2.05) is 0 Å². The third-order valence-corrected chi connectivity index (χ3v) is 4.56. The Kier molecular flexibility index (Phi) is 7.08. The molecule has 2 atom stereocenters. The molecule has 0 aliphatic carbocycles. The van der Waals surface area contributed by atoms with Crippen LogP contribution in [0.25, 0.3) is 0 Å². The zero-order valence-electron chi connectivity index (χ0n) is 13.7. The van der Waals surface area contributed by atoms with Gasteiger partial charge in [0.05, 0.1) is 0 Å². The van der Waals surface area contributed by atoms with Crippen molar-refractivity contribution in [2.75, 3.05) is 7.05 Å². The van der Waals surface area contributed by atoms with Crippen LogP contribution in [-0.2, 0) is 0 Å². The van der Waals surface area contributed by atoms with Crippen molar-refractivity contribution in [1.29, 1.82) is 0 Å². The van der Waals surface area contributed by atoms with Gasteiger partial charge in [-0.1, -0.05) is 63.6 Å². The lowest BCUT2D eigenvalue weighted by molar-refractivity contribution is 0.140. The number of fused-ring (bicyclic) bond motifs is 1. The molecule has 0 amide bonds. The molecule has 118 valence electrons. The number of benzene rings is 1. The average Bonchev–Trinajstić information content (AvgIpc) is 2.53. The van der Waals surface area contributed by atoms with E-state index in [1.54, 1.807) is 0 Å². The number of rotatable bonds is 9. The fourth-order valence-corrected chi connectivity index (χ4v) is 3.27. The Morgan fingerprint density at radius 3 is 2.52 bits per heavy atom. The Hall–Kier alpha value is -1.02. The molecular formula is C19H31NO. The van der Waals surface area contributed by atoms with Crippen LogP contribution >= 0.6 is 0 Å². The zero-order valence-corrected chi connectivity index (χ0v) is 13.7. The summed E-state index contributed by atoms with van der Waals surface area (Å²) in [7, 11) is 2.05. The maximum absolute atomic E-state index is 6.17. The van der Waals surface area contributed by atoms with Gasteiger partial charge in [0.25, 0.3) is 0 Å². The first-order valence-corrected chi connectivity index (χ1v) is 8.78. The molecule has 2 nitrogen and oxygen atoms in total. The first kappa shape index (κ1) is 16.4. The molecule has 0 saturated carbocycles. The molecule has 1 heterocycles. The Morgan fingerprint density at radius 1 is 1.05 bits per heavy atom. The van der Waals surface area contributed by atoms with E-state index < -0.39 is 0 Å². The highest BCUT2D eigenvalue weighted by molar-refractivity contribution is 5.37. The van der Waals surface area contributed by atoms with Crippen LogP contribution < -0.4 is 10.1 Å². The normalized spacial score (nSPS) is 20.9. The van der Waals surface area contributed by atoms with Crippen LogP contribution in [0.3, 0.4) is 0 Å². The molecule has 0 spiro atoms. The highest BCUT2D eigenvalue weighted by Gasteiger charge is 2.26. The highest BCUT2D eigenvalue weighted by Crippen LogP contribution is 2.35. The fraction of sp³-hybridized carbons (Fsp3) is 0.684. The summed E-state index contributed by atoms with van der Waals surface area (Å²) in [6.45, 7) is 2.27. The minimum atomic E-state index is 0.382. The summed E-state index contributed by atoms with van der Waals surface area (Å²) >= 11 is 0. The van der Waals surface area contributed by atoms with Crippen LogP contribution in [0, 0.1) is 0 Å². The zero-order chi connectivity index (χ0) is 14.9. The van der Waals surface area contributed by atoms with Gasteiger partial charge >= 0.3 is 0 Å². The predicted octanol–water partition coefficient (Wildman–Crippen LogP) is 5.24. The number of para-hydroxylation sites is 1. The summed E-state index contributed by atoms with van der Waals surface area (Å²) in [6, 6.07) is 8.91. The molecule has 1 aliphatic rings. The molecular weight excluding hydrogens is 258 g/mol. The van der Waals surface area contributed by atoms with Crippen LogP contribution in [-0.4, -0.2) is 13.2 Å². The molecule has 0 aromatic heterocycles. The van der Waals surface area contributed by atoms with Gasteiger partial charge in [-0.2, -0.15) is 0 Å². The first-order valence-electron chi connectivity index (χ1n) is 8.78. The van der Waals surface area contributed by atoms with Crippen LogP contribution in [0.5, 0.6) is 5.75 Å². The maximum atomic E-state index is 6.17. The number of hydrogen-bond acceptors (Lipinski definition) is 2. The molecule has 1 aromatic carbocycles. The van der Waals surface area contributed by atoms with Crippen molar-refractivity contribution in [3.63, 3.8) is 0 Å².